The van der Waals surface area contributed by atoms with Crippen molar-refractivity contribution in [2.75, 3.05) is 0 Å². The number of hydrogen-bond donors (Lipinski definition) is 2. The second-order valence-electron chi connectivity index (χ2n) is 7.17. The minimum absolute atomic E-state index is 0.300. The summed E-state index contributed by atoms with van der Waals surface area (Å²) >= 11 is 6.30. The van der Waals surface area contributed by atoms with Crippen molar-refractivity contribution in [2.24, 2.45) is 0 Å². The number of imidazole rings is 1. The fourth-order valence-corrected chi connectivity index (χ4v) is 3.72. The zero-order valence-electron chi connectivity index (χ0n) is 16.8. The van der Waals surface area contributed by atoms with E-state index in [1.807, 2.05) is 30.3 Å². The van der Waals surface area contributed by atoms with Gasteiger partial charge in [-0.3, -0.25) is 4.98 Å². The summed E-state index contributed by atoms with van der Waals surface area (Å²) in [5, 5.41) is 14.9. The second kappa shape index (κ2) is 8.68. The standard InChI is InChI=1S/C23H17ClFN7/c24-18-4-2-1-3-14(18)7-10-20-27-21(15-5-8-17(25)9-6-15)22(28-20)19-13-16(11-12-26-19)23-29-31-32-30-23/h1-6,8-9,11-13H,7,10H2,(H,27,28)(H,29,30,31,32). The third-order valence-electron chi connectivity index (χ3n) is 5.08. The molecule has 0 radical (unpaired) electrons. The summed E-state index contributed by atoms with van der Waals surface area (Å²) in [4.78, 5) is 12.7. The van der Waals surface area contributed by atoms with Gasteiger partial charge in [-0.05, 0) is 59.7 Å². The largest absolute Gasteiger partial charge is 0.341 e. The predicted octanol–water partition coefficient (Wildman–Crippen LogP) is 4.90. The van der Waals surface area contributed by atoms with Gasteiger partial charge in [0.15, 0.2) is 0 Å². The van der Waals surface area contributed by atoms with Crippen molar-refractivity contribution in [3.63, 3.8) is 0 Å². The summed E-state index contributed by atoms with van der Waals surface area (Å²) in [7, 11) is 0. The number of aryl methyl sites for hydroxylation is 2. The highest BCUT2D eigenvalue weighted by Gasteiger charge is 2.17. The van der Waals surface area contributed by atoms with Crippen LogP contribution in [0.15, 0.2) is 66.9 Å². The number of halogens is 2. The summed E-state index contributed by atoms with van der Waals surface area (Å²) in [6.07, 6.45) is 3.06. The molecule has 0 amide bonds. The van der Waals surface area contributed by atoms with Crippen molar-refractivity contribution in [3.8, 4) is 34.0 Å². The highest BCUT2D eigenvalue weighted by Crippen LogP contribution is 2.31. The highest BCUT2D eigenvalue weighted by molar-refractivity contribution is 6.31. The molecule has 3 heterocycles. The van der Waals surface area contributed by atoms with Crippen molar-refractivity contribution in [1.29, 1.82) is 0 Å². The first-order chi connectivity index (χ1) is 15.7. The smallest absolute Gasteiger partial charge is 0.204 e. The van der Waals surface area contributed by atoms with Crippen LogP contribution in [0.3, 0.4) is 0 Å². The number of tetrazole rings is 1. The Hall–Kier alpha value is -3.91. The lowest BCUT2D eigenvalue weighted by molar-refractivity contribution is 0.628. The quantitative estimate of drug-likeness (QED) is 0.387. The van der Waals surface area contributed by atoms with Crippen molar-refractivity contribution in [1.82, 2.24) is 35.6 Å². The Bertz CT molecular complexity index is 1350. The van der Waals surface area contributed by atoms with Crippen LogP contribution in [0.5, 0.6) is 0 Å². The zero-order valence-corrected chi connectivity index (χ0v) is 17.5. The molecule has 0 spiro atoms. The first-order valence-electron chi connectivity index (χ1n) is 9.96. The van der Waals surface area contributed by atoms with E-state index >= 15 is 0 Å². The van der Waals surface area contributed by atoms with Crippen LogP contribution in [0.2, 0.25) is 5.02 Å². The average Bonchev–Trinajstić information content (AvgIpc) is 3.50. The summed E-state index contributed by atoms with van der Waals surface area (Å²) in [5.41, 5.74) is 4.69. The van der Waals surface area contributed by atoms with Gasteiger partial charge in [-0.1, -0.05) is 29.8 Å². The lowest BCUT2D eigenvalue weighted by Crippen LogP contribution is -1.94. The Balaban J connectivity index is 1.54. The number of pyridine rings is 1. The number of H-pyrrole nitrogens is 2. The summed E-state index contributed by atoms with van der Waals surface area (Å²) in [6.45, 7) is 0. The van der Waals surface area contributed by atoms with Crippen LogP contribution in [-0.2, 0) is 12.8 Å². The van der Waals surface area contributed by atoms with E-state index in [9.17, 15) is 4.39 Å². The fraction of sp³-hybridized carbons (Fsp3) is 0.0870. The van der Waals surface area contributed by atoms with Gasteiger partial charge in [0, 0.05) is 28.8 Å². The molecule has 2 aromatic carbocycles. The monoisotopic (exact) mass is 445 g/mol. The van der Waals surface area contributed by atoms with E-state index in [1.54, 1.807) is 24.4 Å². The number of aromatic amines is 2. The van der Waals surface area contributed by atoms with E-state index in [0.717, 1.165) is 39.7 Å². The Morgan fingerprint density at radius 2 is 1.78 bits per heavy atom. The third-order valence-corrected chi connectivity index (χ3v) is 5.45. The van der Waals surface area contributed by atoms with E-state index in [2.05, 4.69) is 30.6 Å². The number of aromatic nitrogens is 7. The van der Waals surface area contributed by atoms with Gasteiger partial charge in [-0.2, -0.15) is 5.21 Å². The van der Waals surface area contributed by atoms with Crippen molar-refractivity contribution < 1.29 is 4.39 Å². The number of benzene rings is 2. The molecule has 2 N–H and O–H groups in total. The van der Waals surface area contributed by atoms with Gasteiger partial charge in [-0.15, -0.1) is 10.2 Å². The molecule has 0 unspecified atom stereocenters. The molecule has 0 atom stereocenters. The molecular weight excluding hydrogens is 429 g/mol. The molecule has 5 aromatic rings. The lowest BCUT2D eigenvalue weighted by atomic mass is 10.1. The number of rotatable bonds is 6. The summed E-state index contributed by atoms with van der Waals surface area (Å²) < 4.78 is 13.5. The zero-order chi connectivity index (χ0) is 21.9. The molecule has 0 aliphatic heterocycles. The summed E-state index contributed by atoms with van der Waals surface area (Å²) in [5.74, 6) is 0.948. The molecule has 0 aliphatic carbocycles. The van der Waals surface area contributed by atoms with Crippen molar-refractivity contribution in [2.45, 2.75) is 12.8 Å². The topological polar surface area (TPSA) is 96.0 Å². The Kier molecular flexibility index (Phi) is 5.43. The number of hydrogen-bond acceptors (Lipinski definition) is 5. The normalized spacial score (nSPS) is 11.1. The SMILES string of the molecule is Fc1ccc(-c2[nH]c(CCc3ccccc3Cl)nc2-c2cc(-c3nn[nH]n3)ccn2)cc1. The van der Waals surface area contributed by atoms with Gasteiger partial charge < -0.3 is 4.98 Å². The van der Waals surface area contributed by atoms with Crippen LogP contribution >= 0.6 is 11.6 Å². The molecule has 0 aliphatic rings. The minimum atomic E-state index is -0.300. The van der Waals surface area contributed by atoms with Gasteiger partial charge in [0.2, 0.25) is 5.82 Å². The van der Waals surface area contributed by atoms with Crippen LogP contribution in [0, 0.1) is 5.82 Å². The van der Waals surface area contributed by atoms with Crippen LogP contribution in [-0.4, -0.2) is 35.6 Å². The molecule has 9 heteroatoms. The van der Waals surface area contributed by atoms with Gasteiger partial charge in [0.1, 0.15) is 17.3 Å². The number of nitrogens with one attached hydrogen (secondary N) is 2. The third kappa shape index (κ3) is 4.13. The molecule has 3 aromatic heterocycles. The molecular formula is C23H17ClFN7. The molecule has 7 nitrogen and oxygen atoms in total. The maximum atomic E-state index is 13.5. The lowest BCUT2D eigenvalue weighted by Gasteiger charge is -2.04. The van der Waals surface area contributed by atoms with Crippen molar-refractivity contribution >= 4 is 11.6 Å². The van der Waals surface area contributed by atoms with E-state index in [-0.39, 0.29) is 5.82 Å². The van der Waals surface area contributed by atoms with Gasteiger partial charge in [-0.25, -0.2) is 9.37 Å². The van der Waals surface area contributed by atoms with Crippen LogP contribution < -0.4 is 0 Å². The van der Waals surface area contributed by atoms with E-state index in [1.165, 1.54) is 12.1 Å². The predicted molar refractivity (Wildman–Crippen MR) is 119 cm³/mol. The number of nitrogens with zero attached hydrogens (tertiary/aromatic N) is 5. The second-order valence-corrected chi connectivity index (χ2v) is 7.58. The van der Waals surface area contributed by atoms with Gasteiger partial charge in [0.05, 0.1) is 11.4 Å². The molecule has 0 saturated heterocycles. The fourth-order valence-electron chi connectivity index (χ4n) is 3.49. The maximum absolute atomic E-state index is 13.5. The average molecular weight is 446 g/mol. The van der Waals surface area contributed by atoms with E-state index in [0.29, 0.717) is 23.6 Å². The molecule has 0 fully saturated rings. The summed E-state index contributed by atoms with van der Waals surface area (Å²) in [6, 6.07) is 17.7. The van der Waals surface area contributed by atoms with E-state index < -0.39 is 0 Å². The first-order valence-corrected chi connectivity index (χ1v) is 10.3. The molecule has 5 rings (SSSR count). The van der Waals surface area contributed by atoms with Gasteiger partial charge >= 0.3 is 0 Å². The minimum Gasteiger partial charge on any atom is -0.341 e. The van der Waals surface area contributed by atoms with Crippen LogP contribution in [0.1, 0.15) is 11.4 Å². The Morgan fingerprint density at radius 3 is 2.56 bits per heavy atom. The Labute approximate surface area is 187 Å². The first kappa shape index (κ1) is 20.0. The van der Waals surface area contributed by atoms with Crippen LogP contribution in [0.4, 0.5) is 4.39 Å². The Morgan fingerprint density at radius 1 is 0.938 bits per heavy atom. The highest BCUT2D eigenvalue weighted by atomic mass is 35.5. The van der Waals surface area contributed by atoms with E-state index in [4.69, 9.17) is 16.6 Å². The molecule has 0 saturated carbocycles. The van der Waals surface area contributed by atoms with Crippen LogP contribution in [0.25, 0.3) is 34.0 Å². The maximum Gasteiger partial charge on any atom is 0.204 e. The molecule has 0 bridgehead atoms. The molecule has 32 heavy (non-hydrogen) atoms. The van der Waals surface area contributed by atoms with Gasteiger partial charge in [0.25, 0.3) is 0 Å². The van der Waals surface area contributed by atoms with Crippen molar-refractivity contribution in [3.05, 3.63) is 89.1 Å². The molecule has 158 valence electrons.